The molecule has 72 valence electrons. The summed E-state index contributed by atoms with van der Waals surface area (Å²) in [5, 5.41) is 7.35. The molecule has 2 heterocycles. The summed E-state index contributed by atoms with van der Waals surface area (Å²) in [6, 6.07) is 2.49. The van der Waals surface area contributed by atoms with Gasteiger partial charge >= 0.3 is 0 Å². The smallest absolute Gasteiger partial charge is 0.172 e. The van der Waals surface area contributed by atoms with Gasteiger partial charge in [0.25, 0.3) is 0 Å². The van der Waals surface area contributed by atoms with Gasteiger partial charge in [0, 0.05) is 31.7 Å². The minimum absolute atomic E-state index is 0.498. The number of aryl methyl sites for hydroxylation is 1. The Labute approximate surface area is 77.9 Å². The second-order valence-corrected chi connectivity index (χ2v) is 3.54. The summed E-state index contributed by atoms with van der Waals surface area (Å²) in [6.07, 6.45) is 0. The van der Waals surface area contributed by atoms with Gasteiger partial charge in [-0.2, -0.15) is 0 Å². The van der Waals surface area contributed by atoms with Crippen molar-refractivity contribution in [2.75, 3.05) is 24.5 Å². The van der Waals surface area contributed by atoms with Crippen LogP contribution in [0.15, 0.2) is 10.6 Å². The van der Waals surface area contributed by atoms with Crippen LogP contribution in [0.2, 0.25) is 0 Å². The molecule has 0 saturated carbocycles. The van der Waals surface area contributed by atoms with Crippen molar-refractivity contribution in [3.63, 3.8) is 0 Å². The fourth-order valence-corrected chi connectivity index (χ4v) is 1.67. The highest BCUT2D eigenvalue weighted by molar-refractivity contribution is 5.39. The summed E-state index contributed by atoms with van der Waals surface area (Å²) in [7, 11) is 0. The number of rotatable bonds is 1. The summed E-state index contributed by atoms with van der Waals surface area (Å²) in [4.78, 5) is 2.27. The molecule has 13 heavy (non-hydrogen) atoms. The molecule has 0 aromatic carbocycles. The number of hydrogen-bond donors (Lipinski definition) is 1. The lowest BCUT2D eigenvalue weighted by Gasteiger charge is -2.33. The fraction of sp³-hybridized carbons (Fsp3) is 0.667. The fourth-order valence-electron chi connectivity index (χ4n) is 1.67. The molecule has 1 saturated heterocycles. The third-order valence-corrected chi connectivity index (χ3v) is 2.41. The Hall–Kier alpha value is -1.03. The van der Waals surface area contributed by atoms with E-state index in [0.29, 0.717) is 6.04 Å². The molecule has 1 atom stereocenters. The van der Waals surface area contributed by atoms with Crippen LogP contribution < -0.4 is 10.2 Å². The summed E-state index contributed by atoms with van der Waals surface area (Å²) in [5.41, 5.74) is 0. The Kier molecular flexibility index (Phi) is 2.22. The van der Waals surface area contributed by atoms with E-state index in [0.717, 1.165) is 31.2 Å². The van der Waals surface area contributed by atoms with Crippen LogP contribution in [-0.2, 0) is 0 Å². The van der Waals surface area contributed by atoms with Crippen LogP contribution in [0.25, 0.3) is 0 Å². The van der Waals surface area contributed by atoms with E-state index in [1.54, 1.807) is 0 Å². The second kappa shape index (κ2) is 3.38. The van der Waals surface area contributed by atoms with Gasteiger partial charge in [0.05, 0.1) is 0 Å². The SMILES string of the molecule is Cc1cc(N2CCNCC2C)no1. The third kappa shape index (κ3) is 1.67. The van der Waals surface area contributed by atoms with E-state index in [1.165, 1.54) is 0 Å². The first-order valence-corrected chi connectivity index (χ1v) is 4.68. The highest BCUT2D eigenvalue weighted by atomic mass is 16.5. The van der Waals surface area contributed by atoms with Gasteiger partial charge in [0.1, 0.15) is 5.76 Å². The van der Waals surface area contributed by atoms with Crippen LogP contribution in [0.5, 0.6) is 0 Å². The molecule has 4 heteroatoms. The van der Waals surface area contributed by atoms with E-state index in [1.807, 2.05) is 13.0 Å². The number of nitrogens with one attached hydrogen (secondary N) is 1. The molecular weight excluding hydrogens is 166 g/mol. The van der Waals surface area contributed by atoms with Gasteiger partial charge in [0.2, 0.25) is 0 Å². The first-order valence-electron chi connectivity index (χ1n) is 4.68. The molecule has 0 amide bonds. The molecule has 1 aromatic heterocycles. The molecule has 0 aliphatic carbocycles. The zero-order valence-corrected chi connectivity index (χ0v) is 8.08. The Morgan fingerprint density at radius 1 is 1.69 bits per heavy atom. The summed E-state index contributed by atoms with van der Waals surface area (Å²) < 4.78 is 5.05. The van der Waals surface area contributed by atoms with E-state index in [4.69, 9.17) is 4.52 Å². The Balaban J connectivity index is 2.14. The number of piperazine rings is 1. The Morgan fingerprint density at radius 3 is 3.15 bits per heavy atom. The summed E-state index contributed by atoms with van der Waals surface area (Å²) in [5.74, 6) is 1.84. The van der Waals surface area contributed by atoms with Gasteiger partial charge in [-0.3, -0.25) is 0 Å². The van der Waals surface area contributed by atoms with Crippen LogP contribution in [0.3, 0.4) is 0 Å². The third-order valence-electron chi connectivity index (χ3n) is 2.41. The topological polar surface area (TPSA) is 41.3 Å². The molecule has 4 nitrogen and oxygen atoms in total. The average molecular weight is 181 g/mol. The minimum Gasteiger partial charge on any atom is -0.360 e. The van der Waals surface area contributed by atoms with Crippen LogP contribution in [-0.4, -0.2) is 30.8 Å². The summed E-state index contributed by atoms with van der Waals surface area (Å²) >= 11 is 0. The van der Waals surface area contributed by atoms with Crippen LogP contribution >= 0.6 is 0 Å². The van der Waals surface area contributed by atoms with E-state index in [9.17, 15) is 0 Å². The maximum Gasteiger partial charge on any atom is 0.172 e. The van der Waals surface area contributed by atoms with Crippen molar-refractivity contribution in [1.29, 1.82) is 0 Å². The molecule has 0 radical (unpaired) electrons. The molecule has 1 aromatic rings. The van der Waals surface area contributed by atoms with E-state index < -0.39 is 0 Å². The van der Waals surface area contributed by atoms with Gasteiger partial charge in [-0.05, 0) is 13.8 Å². The highest BCUT2D eigenvalue weighted by Crippen LogP contribution is 2.17. The number of anilines is 1. The molecule has 1 fully saturated rings. The standard InChI is InChI=1S/C9H15N3O/c1-7-6-10-3-4-12(7)9-5-8(2)13-11-9/h5,7,10H,3-4,6H2,1-2H3. The lowest BCUT2D eigenvalue weighted by atomic mass is 10.2. The van der Waals surface area contributed by atoms with Crippen molar-refractivity contribution in [1.82, 2.24) is 10.5 Å². The van der Waals surface area contributed by atoms with E-state index in [2.05, 4.69) is 22.3 Å². The zero-order valence-electron chi connectivity index (χ0n) is 8.08. The highest BCUT2D eigenvalue weighted by Gasteiger charge is 2.20. The molecule has 1 unspecified atom stereocenters. The van der Waals surface area contributed by atoms with Crippen molar-refractivity contribution in [3.05, 3.63) is 11.8 Å². The predicted octanol–water partition coefficient (Wildman–Crippen LogP) is 0.781. The Bertz CT molecular complexity index is 284. The maximum absolute atomic E-state index is 5.05. The Morgan fingerprint density at radius 2 is 2.54 bits per heavy atom. The van der Waals surface area contributed by atoms with Crippen molar-refractivity contribution in [3.8, 4) is 0 Å². The molecule has 0 bridgehead atoms. The largest absolute Gasteiger partial charge is 0.360 e. The van der Waals surface area contributed by atoms with Crippen LogP contribution in [0.1, 0.15) is 12.7 Å². The number of nitrogens with zero attached hydrogens (tertiary/aromatic N) is 2. The first-order chi connectivity index (χ1) is 6.27. The molecule has 1 aliphatic heterocycles. The molecular formula is C9H15N3O. The minimum atomic E-state index is 0.498. The van der Waals surface area contributed by atoms with Crippen LogP contribution in [0, 0.1) is 6.92 Å². The maximum atomic E-state index is 5.05. The quantitative estimate of drug-likeness (QED) is 0.695. The first kappa shape index (κ1) is 8.56. The normalized spacial score (nSPS) is 23.5. The monoisotopic (exact) mass is 181 g/mol. The van der Waals surface area contributed by atoms with Crippen molar-refractivity contribution >= 4 is 5.82 Å². The van der Waals surface area contributed by atoms with Gasteiger partial charge < -0.3 is 14.7 Å². The van der Waals surface area contributed by atoms with Gasteiger partial charge in [-0.25, -0.2) is 0 Å². The average Bonchev–Trinajstić information content (AvgIpc) is 2.53. The lowest BCUT2D eigenvalue weighted by molar-refractivity contribution is 0.391. The van der Waals surface area contributed by atoms with E-state index >= 15 is 0 Å². The summed E-state index contributed by atoms with van der Waals surface area (Å²) in [6.45, 7) is 7.16. The molecule has 1 aliphatic rings. The van der Waals surface area contributed by atoms with Crippen molar-refractivity contribution in [2.24, 2.45) is 0 Å². The molecule has 0 spiro atoms. The van der Waals surface area contributed by atoms with Crippen molar-refractivity contribution in [2.45, 2.75) is 19.9 Å². The molecule has 1 N–H and O–H groups in total. The molecule has 2 rings (SSSR count). The second-order valence-electron chi connectivity index (χ2n) is 3.54. The van der Waals surface area contributed by atoms with Gasteiger partial charge in [-0.1, -0.05) is 5.16 Å². The van der Waals surface area contributed by atoms with Crippen molar-refractivity contribution < 1.29 is 4.52 Å². The predicted molar refractivity (Wildman–Crippen MR) is 50.9 cm³/mol. The number of hydrogen-bond acceptors (Lipinski definition) is 4. The van der Waals surface area contributed by atoms with Crippen LogP contribution in [0.4, 0.5) is 5.82 Å². The lowest BCUT2D eigenvalue weighted by Crippen LogP contribution is -2.50. The number of aromatic nitrogens is 1. The van der Waals surface area contributed by atoms with Gasteiger partial charge in [0.15, 0.2) is 5.82 Å². The van der Waals surface area contributed by atoms with Gasteiger partial charge in [-0.15, -0.1) is 0 Å². The zero-order chi connectivity index (χ0) is 9.26. The van der Waals surface area contributed by atoms with E-state index in [-0.39, 0.29) is 0 Å².